The minimum absolute atomic E-state index is 0.297. The van der Waals surface area contributed by atoms with Gasteiger partial charge in [0.1, 0.15) is 0 Å². The standard InChI is InChI=1S/C15H23NO/c1-13-6-8-14(9-7-13)11-16-10-4-2-3-5-15(16)12-17/h6-9,15,17H,2-5,10-12H2,1H3. The van der Waals surface area contributed by atoms with Crippen LogP contribution < -0.4 is 0 Å². The normalized spacial score (nSPS) is 22.4. The lowest BCUT2D eigenvalue weighted by Crippen LogP contribution is -2.36. The van der Waals surface area contributed by atoms with Crippen LogP contribution in [0.3, 0.4) is 0 Å². The van der Waals surface area contributed by atoms with Crippen molar-refractivity contribution in [3.05, 3.63) is 35.4 Å². The number of aliphatic hydroxyl groups excluding tert-OH is 1. The molecule has 1 aromatic rings. The van der Waals surface area contributed by atoms with Gasteiger partial charge < -0.3 is 5.11 Å². The minimum atomic E-state index is 0.297. The first kappa shape index (κ1) is 12.6. The van der Waals surface area contributed by atoms with Crippen LogP contribution in [0.25, 0.3) is 0 Å². The van der Waals surface area contributed by atoms with E-state index in [1.807, 2.05) is 0 Å². The van der Waals surface area contributed by atoms with Gasteiger partial charge in [-0.05, 0) is 31.9 Å². The molecule has 0 saturated carbocycles. The van der Waals surface area contributed by atoms with E-state index in [9.17, 15) is 5.11 Å². The first-order valence-electron chi connectivity index (χ1n) is 6.70. The number of likely N-dealkylation sites (tertiary alicyclic amines) is 1. The minimum Gasteiger partial charge on any atom is -0.395 e. The summed E-state index contributed by atoms with van der Waals surface area (Å²) in [5.74, 6) is 0. The van der Waals surface area contributed by atoms with Gasteiger partial charge in [0.15, 0.2) is 0 Å². The summed E-state index contributed by atoms with van der Waals surface area (Å²) in [6.45, 7) is 4.52. The van der Waals surface area contributed by atoms with Crippen LogP contribution in [0.15, 0.2) is 24.3 Å². The molecule has 0 radical (unpaired) electrons. The Bertz CT molecular complexity index is 333. The summed E-state index contributed by atoms with van der Waals surface area (Å²) in [5, 5.41) is 9.47. The summed E-state index contributed by atoms with van der Waals surface area (Å²) < 4.78 is 0. The molecule has 0 aromatic heterocycles. The van der Waals surface area contributed by atoms with Crippen molar-refractivity contribution in [1.82, 2.24) is 4.90 Å². The molecule has 0 aliphatic carbocycles. The smallest absolute Gasteiger partial charge is 0.0586 e. The summed E-state index contributed by atoms with van der Waals surface area (Å²) in [6, 6.07) is 9.10. The number of rotatable bonds is 3. The first-order valence-corrected chi connectivity index (χ1v) is 6.70. The molecule has 1 aliphatic rings. The molecule has 1 heterocycles. The number of nitrogens with zero attached hydrogens (tertiary/aromatic N) is 1. The number of benzene rings is 1. The quantitative estimate of drug-likeness (QED) is 0.867. The maximum Gasteiger partial charge on any atom is 0.0586 e. The second-order valence-electron chi connectivity index (χ2n) is 5.14. The van der Waals surface area contributed by atoms with Crippen molar-refractivity contribution < 1.29 is 5.11 Å². The van der Waals surface area contributed by atoms with Crippen molar-refractivity contribution in [1.29, 1.82) is 0 Å². The molecular weight excluding hydrogens is 210 g/mol. The van der Waals surface area contributed by atoms with Crippen LogP contribution in [0.1, 0.15) is 36.8 Å². The molecule has 2 nitrogen and oxygen atoms in total. The molecular formula is C15H23NO. The van der Waals surface area contributed by atoms with Gasteiger partial charge in [0.25, 0.3) is 0 Å². The zero-order valence-corrected chi connectivity index (χ0v) is 10.7. The molecule has 1 aliphatic heterocycles. The van der Waals surface area contributed by atoms with Gasteiger partial charge in [-0.15, -0.1) is 0 Å². The van der Waals surface area contributed by atoms with Gasteiger partial charge >= 0.3 is 0 Å². The second-order valence-corrected chi connectivity index (χ2v) is 5.14. The third-order valence-electron chi connectivity index (χ3n) is 3.72. The van der Waals surface area contributed by atoms with E-state index in [0.29, 0.717) is 12.6 Å². The average molecular weight is 233 g/mol. The lowest BCUT2D eigenvalue weighted by Gasteiger charge is -2.28. The maximum atomic E-state index is 9.47. The van der Waals surface area contributed by atoms with Gasteiger partial charge in [-0.3, -0.25) is 4.90 Å². The average Bonchev–Trinajstić information content (AvgIpc) is 2.57. The van der Waals surface area contributed by atoms with Gasteiger partial charge in [-0.2, -0.15) is 0 Å². The molecule has 94 valence electrons. The Kier molecular flexibility index (Phi) is 4.57. The van der Waals surface area contributed by atoms with Crippen molar-refractivity contribution in [2.24, 2.45) is 0 Å². The van der Waals surface area contributed by atoms with Gasteiger partial charge in [-0.25, -0.2) is 0 Å². The number of hydrogen-bond donors (Lipinski definition) is 1. The van der Waals surface area contributed by atoms with Crippen molar-refractivity contribution >= 4 is 0 Å². The van der Waals surface area contributed by atoms with Crippen molar-refractivity contribution in [3.8, 4) is 0 Å². The summed E-state index contributed by atoms with van der Waals surface area (Å²) in [7, 11) is 0. The van der Waals surface area contributed by atoms with Crippen molar-refractivity contribution in [2.75, 3.05) is 13.2 Å². The Morgan fingerprint density at radius 2 is 1.94 bits per heavy atom. The van der Waals surface area contributed by atoms with E-state index < -0.39 is 0 Å². The molecule has 0 spiro atoms. The van der Waals surface area contributed by atoms with Crippen molar-refractivity contribution in [2.45, 2.75) is 45.2 Å². The van der Waals surface area contributed by atoms with Crippen LogP contribution in [-0.4, -0.2) is 29.2 Å². The highest BCUT2D eigenvalue weighted by Crippen LogP contribution is 2.19. The molecule has 17 heavy (non-hydrogen) atoms. The highest BCUT2D eigenvalue weighted by atomic mass is 16.3. The van der Waals surface area contributed by atoms with Crippen LogP contribution in [0, 0.1) is 6.92 Å². The largest absolute Gasteiger partial charge is 0.395 e. The molecule has 2 heteroatoms. The lowest BCUT2D eigenvalue weighted by molar-refractivity contribution is 0.118. The fourth-order valence-corrected chi connectivity index (χ4v) is 2.58. The fourth-order valence-electron chi connectivity index (χ4n) is 2.58. The number of aliphatic hydroxyl groups is 1. The van der Waals surface area contributed by atoms with E-state index >= 15 is 0 Å². The van der Waals surface area contributed by atoms with Crippen LogP contribution in [0.2, 0.25) is 0 Å². The zero-order valence-electron chi connectivity index (χ0n) is 10.7. The lowest BCUT2D eigenvalue weighted by atomic mass is 10.1. The van der Waals surface area contributed by atoms with E-state index in [1.54, 1.807) is 0 Å². The molecule has 1 atom stereocenters. The van der Waals surface area contributed by atoms with Gasteiger partial charge in [0.05, 0.1) is 6.61 Å². The Hall–Kier alpha value is -0.860. The maximum absolute atomic E-state index is 9.47. The van der Waals surface area contributed by atoms with Crippen LogP contribution in [0.5, 0.6) is 0 Å². The van der Waals surface area contributed by atoms with Crippen LogP contribution >= 0.6 is 0 Å². The van der Waals surface area contributed by atoms with Gasteiger partial charge in [0.2, 0.25) is 0 Å². The molecule has 1 aromatic carbocycles. The van der Waals surface area contributed by atoms with Crippen LogP contribution in [0.4, 0.5) is 0 Å². The van der Waals surface area contributed by atoms with Crippen LogP contribution in [-0.2, 0) is 6.54 Å². The molecule has 1 N–H and O–H groups in total. The highest BCUT2D eigenvalue weighted by Gasteiger charge is 2.19. The first-order chi connectivity index (χ1) is 8.29. The van der Waals surface area contributed by atoms with E-state index in [0.717, 1.165) is 19.5 Å². The van der Waals surface area contributed by atoms with Crippen molar-refractivity contribution in [3.63, 3.8) is 0 Å². The third-order valence-corrected chi connectivity index (χ3v) is 3.72. The molecule has 2 rings (SSSR count). The Labute approximate surface area is 104 Å². The SMILES string of the molecule is Cc1ccc(CN2CCCCCC2CO)cc1. The predicted molar refractivity (Wildman–Crippen MR) is 70.9 cm³/mol. The Morgan fingerprint density at radius 3 is 2.65 bits per heavy atom. The molecule has 1 unspecified atom stereocenters. The Balaban J connectivity index is 2.01. The zero-order chi connectivity index (χ0) is 12.1. The second kappa shape index (κ2) is 6.18. The predicted octanol–water partition coefficient (Wildman–Crippen LogP) is 2.73. The summed E-state index contributed by atoms with van der Waals surface area (Å²) in [4.78, 5) is 2.44. The topological polar surface area (TPSA) is 23.5 Å². The van der Waals surface area contributed by atoms with Gasteiger partial charge in [0, 0.05) is 12.6 Å². The Morgan fingerprint density at radius 1 is 1.18 bits per heavy atom. The highest BCUT2D eigenvalue weighted by molar-refractivity contribution is 5.21. The molecule has 0 amide bonds. The molecule has 1 fully saturated rings. The number of aryl methyl sites for hydroxylation is 1. The summed E-state index contributed by atoms with van der Waals surface area (Å²) in [6.07, 6.45) is 4.97. The van der Waals surface area contributed by atoms with E-state index in [2.05, 4.69) is 36.1 Å². The van der Waals surface area contributed by atoms with E-state index in [1.165, 1.54) is 30.4 Å². The number of hydrogen-bond acceptors (Lipinski definition) is 2. The molecule has 1 saturated heterocycles. The monoisotopic (exact) mass is 233 g/mol. The van der Waals surface area contributed by atoms with E-state index in [4.69, 9.17) is 0 Å². The summed E-state index contributed by atoms with van der Waals surface area (Å²) >= 11 is 0. The third kappa shape index (κ3) is 3.55. The van der Waals surface area contributed by atoms with Gasteiger partial charge in [-0.1, -0.05) is 42.7 Å². The van der Waals surface area contributed by atoms with E-state index in [-0.39, 0.29) is 0 Å². The molecule has 0 bridgehead atoms. The fraction of sp³-hybridized carbons (Fsp3) is 0.600. The summed E-state index contributed by atoms with van der Waals surface area (Å²) in [5.41, 5.74) is 2.67.